The third kappa shape index (κ3) is 3.24. The van der Waals surface area contributed by atoms with Gasteiger partial charge in [0.25, 0.3) is 0 Å². The number of rotatable bonds is 3. The average molecular weight is 187 g/mol. The van der Waals surface area contributed by atoms with E-state index in [-0.39, 0.29) is 6.04 Å². The van der Waals surface area contributed by atoms with Crippen LogP contribution >= 0.6 is 0 Å². The molecule has 0 heterocycles. The Bertz CT molecular complexity index is 344. The summed E-state index contributed by atoms with van der Waals surface area (Å²) in [4.78, 5) is 0. The minimum Gasteiger partial charge on any atom is -0.324 e. The van der Waals surface area contributed by atoms with E-state index in [1.165, 1.54) is 11.1 Å². The summed E-state index contributed by atoms with van der Waals surface area (Å²) in [6, 6.07) is 8.48. The van der Waals surface area contributed by atoms with Gasteiger partial charge in [0.05, 0.1) is 0 Å². The SMILES string of the molecule is CC#CCCC(N)c1cccc(C)c1. The van der Waals surface area contributed by atoms with Gasteiger partial charge in [-0.25, -0.2) is 0 Å². The van der Waals surface area contributed by atoms with Crippen LogP contribution in [0.2, 0.25) is 0 Å². The summed E-state index contributed by atoms with van der Waals surface area (Å²) in [5.74, 6) is 5.91. The van der Waals surface area contributed by atoms with Crippen LogP contribution in [0.5, 0.6) is 0 Å². The highest BCUT2D eigenvalue weighted by molar-refractivity contribution is 5.24. The van der Waals surface area contributed by atoms with E-state index >= 15 is 0 Å². The van der Waals surface area contributed by atoms with Crippen LogP contribution in [-0.4, -0.2) is 0 Å². The molecule has 1 heteroatoms. The van der Waals surface area contributed by atoms with Crippen LogP contribution in [0.1, 0.15) is 36.9 Å². The summed E-state index contributed by atoms with van der Waals surface area (Å²) >= 11 is 0. The Morgan fingerprint density at radius 2 is 2.21 bits per heavy atom. The van der Waals surface area contributed by atoms with Crippen molar-refractivity contribution in [3.63, 3.8) is 0 Å². The van der Waals surface area contributed by atoms with E-state index in [4.69, 9.17) is 5.73 Å². The average Bonchev–Trinajstić information content (AvgIpc) is 2.18. The van der Waals surface area contributed by atoms with Gasteiger partial charge in [-0.1, -0.05) is 29.8 Å². The van der Waals surface area contributed by atoms with Gasteiger partial charge in [-0.3, -0.25) is 0 Å². The van der Waals surface area contributed by atoms with E-state index in [2.05, 4.69) is 43.0 Å². The predicted molar refractivity (Wildman–Crippen MR) is 60.8 cm³/mol. The lowest BCUT2D eigenvalue weighted by Gasteiger charge is -2.10. The van der Waals surface area contributed by atoms with E-state index in [0.29, 0.717) is 0 Å². The van der Waals surface area contributed by atoms with Crippen molar-refractivity contribution in [2.45, 2.75) is 32.7 Å². The molecule has 0 aliphatic rings. The summed E-state index contributed by atoms with van der Waals surface area (Å²) in [6.45, 7) is 3.94. The van der Waals surface area contributed by atoms with Crippen molar-refractivity contribution in [2.75, 3.05) is 0 Å². The minimum atomic E-state index is 0.121. The molecule has 2 N–H and O–H groups in total. The normalized spacial score (nSPS) is 11.6. The molecule has 0 saturated carbocycles. The van der Waals surface area contributed by atoms with Crippen LogP contribution < -0.4 is 5.73 Å². The van der Waals surface area contributed by atoms with E-state index in [9.17, 15) is 0 Å². The fraction of sp³-hybridized carbons (Fsp3) is 0.385. The molecule has 1 atom stereocenters. The first-order valence-electron chi connectivity index (χ1n) is 4.96. The van der Waals surface area contributed by atoms with Gasteiger partial charge in [-0.2, -0.15) is 0 Å². The quantitative estimate of drug-likeness (QED) is 0.723. The first-order valence-corrected chi connectivity index (χ1v) is 4.96. The minimum absolute atomic E-state index is 0.121. The summed E-state index contributed by atoms with van der Waals surface area (Å²) in [7, 11) is 0. The molecule has 0 aromatic heterocycles. The molecule has 0 spiro atoms. The third-order valence-corrected chi connectivity index (χ3v) is 2.23. The molecule has 1 unspecified atom stereocenters. The molecule has 1 aromatic rings. The maximum absolute atomic E-state index is 6.04. The first kappa shape index (κ1) is 10.8. The molecular weight excluding hydrogens is 170 g/mol. The van der Waals surface area contributed by atoms with Crippen molar-refractivity contribution in [3.05, 3.63) is 35.4 Å². The molecule has 14 heavy (non-hydrogen) atoms. The number of nitrogens with two attached hydrogens (primary N) is 1. The fourth-order valence-corrected chi connectivity index (χ4v) is 1.42. The third-order valence-electron chi connectivity index (χ3n) is 2.23. The first-order chi connectivity index (χ1) is 6.74. The van der Waals surface area contributed by atoms with Crippen molar-refractivity contribution in [1.82, 2.24) is 0 Å². The molecule has 0 bridgehead atoms. The Morgan fingerprint density at radius 1 is 1.43 bits per heavy atom. The Kier molecular flexibility index (Phi) is 4.22. The standard InChI is InChI=1S/C13H17N/c1-3-4-5-9-13(14)12-8-6-7-11(2)10-12/h6-8,10,13H,5,9,14H2,1-2H3. The van der Waals surface area contributed by atoms with Gasteiger partial charge >= 0.3 is 0 Å². The second kappa shape index (κ2) is 5.47. The van der Waals surface area contributed by atoms with E-state index in [0.717, 1.165) is 12.8 Å². The van der Waals surface area contributed by atoms with Crippen molar-refractivity contribution in [2.24, 2.45) is 5.73 Å². The van der Waals surface area contributed by atoms with Crippen LogP contribution in [0, 0.1) is 18.8 Å². The van der Waals surface area contributed by atoms with Crippen molar-refractivity contribution < 1.29 is 0 Å². The zero-order chi connectivity index (χ0) is 10.4. The van der Waals surface area contributed by atoms with Gasteiger partial charge in [0.15, 0.2) is 0 Å². The second-order valence-electron chi connectivity index (χ2n) is 3.49. The Balaban J connectivity index is 2.58. The monoisotopic (exact) mass is 187 g/mol. The highest BCUT2D eigenvalue weighted by Gasteiger charge is 2.03. The van der Waals surface area contributed by atoms with Crippen LogP contribution in [0.3, 0.4) is 0 Å². The molecule has 0 saturated heterocycles. The molecule has 0 amide bonds. The summed E-state index contributed by atoms with van der Waals surface area (Å²) in [6.07, 6.45) is 1.82. The highest BCUT2D eigenvalue weighted by atomic mass is 14.6. The lowest BCUT2D eigenvalue weighted by atomic mass is 10.0. The lowest BCUT2D eigenvalue weighted by molar-refractivity contribution is 0.667. The summed E-state index contributed by atoms with van der Waals surface area (Å²) in [5, 5.41) is 0. The van der Waals surface area contributed by atoms with Crippen LogP contribution in [-0.2, 0) is 0 Å². The van der Waals surface area contributed by atoms with Crippen molar-refractivity contribution in [1.29, 1.82) is 0 Å². The molecule has 0 radical (unpaired) electrons. The number of benzene rings is 1. The number of hydrogen-bond acceptors (Lipinski definition) is 1. The molecule has 0 aliphatic carbocycles. The van der Waals surface area contributed by atoms with E-state index in [1.54, 1.807) is 0 Å². The lowest BCUT2D eigenvalue weighted by Crippen LogP contribution is -2.09. The maximum atomic E-state index is 6.04. The van der Waals surface area contributed by atoms with Crippen LogP contribution in [0.25, 0.3) is 0 Å². The number of hydrogen-bond donors (Lipinski definition) is 1. The summed E-state index contributed by atoms with van der Waals surface area (Å²) < 4.78 is 0. The van der Waals surface area contributed by atoms with Crippen LogP contribution in [0.4, 0.5) is 0 Å². The van der Waals surface area contributed by atoms with E-state index < -0.39 is 0 Å². The maximum Gasteiger partial charge on any atom is 0.0304 e. The second-order valence-corrected chi connectivity index (χ2v) is 3.49. The van der Waals surface area contributed by atoms with Gasteiger partial charge in [-0.15, -0.1) is 11.8 Å². The molecule has 1 rings (SSSR count). The molecule has 0 fully saturated rings. The van der Waals surface area contributed by atoms with E-state index in [1.807, 2.05) is 6.92 Å². The largest absolute Gasteiger partial charge is 0.324 e. The molecular formula is C13H17N. The van der Waals surface area contributed by atoms with Crippen molar-refractivity contribution >= 4 is 0 Å². The Hall–Kier alpha value is -1.26. The van der Waals surface area contributed by atoms with Gasteiger partial charge in [-0.05, 0) is 25.8 Å². The van der Waals surface area contributed by atoms with Gasteiger partial charge in [0.1, 0.15) is 0 Å². The Morgan fingerprint density at radius 3 is 2.86 bits per heavy atom. The fourth-order valence-electron chi connectivity index (χ4n) is 1.42. The van der Waals surface area contributed by atoms with Gasteiger partial charge < -0.3 is 5.73 Å². The highest BCUT2D eigenvalue weighted by Crippen LogP contribution is 2.16. The smallest absolute Gasteiger partial charge is 0.0304 e. The molecule has 1 aromatic carbocycles. The predicted octanol–water partition coefficient (Wildman–Crippen LogP) is 2.80. The topological polar surface area (TPSA) is 26.0 Å². The van der Waals surface area contributed by atoms with Gasteiger partial charge in [0, 0.05) is 12.5 Å². The molecule has 74 valence electrons. The van der Waals surface area contributed by atoms with Crippen LogP contribution in [0.15, 0.2) is 24.3 Å². The zero-order valence-corrected chi connectivity index (χ0v) is 8.88. The molecule has 0 aliphatic heterocycles. The molecule has 1 nitrogen and oxygen atoms in total. The summed E-state index contributed by atoms with van der Waals surface area (Å²) in [5.41, 5.74) is 8.51. The number of aryl methyl sites for hydroxylation is 1. The Labute approximate surface area is 86.3 Å². The zero-order valence-electron chi connectivity index (χ0n) is 8.88. The van der Waals surface area contributed by atoms with Crippen molar-refractivity contribution in [3.8, 4) is 11.8 Å². The van der Waals surface area contributed by atoms with Gasteiger partial charge in [0.2, 0.25) is 0 Å².